The van der Waals surface area contributed by atoms with Gasteiger partial charge in [-0.3, -0.25) is 14.4 Å². The van der Waals surface area contributed by atoms with Crippen LogP contribution in [0.4, 0.5) is 0 Å². The molecular weight excluding hydrogens is 262 g/mol. The smallest absolute Gasteiger partial charge is 0.325 e. The number of ether oxygens (including phenoxy) is 1. The number of methoxy groups -OCH3 is 1. The first-order chi connectivity index (χ1) is 9.06. The van der Waals surface area contributed by atoms with E-state index in [1.165, 1.54) is 12.0 Å². The van der Waals surface area contributed by atoms with E-state index in [9.17, 15) is 19.5 Å². The average Bonchev–Trinajstić information content (AvgIpc) is 2.34. The molecule has 0 aromatic heterocycles. The van der Waals surface area contributed by atoms with Gasteiger partial charge in [0, 0.05) is 12.5 Å². The molecule has 20 heavy (non-hydrogen) atoms. The van der Waals surface area contributed by atoms with Crippen LogP contribution in [-0.4, -0.2) is 47.5 Å². The predicted molar refractivity (Wildman–Crippen MR) is 74.1 cm³/mol. The highest BCUT2D eigenvalue weighted by atomic mass is 16.5. The molecule has 0 aliphatic heterocycles. The summed E-state index contributed by atoms with van der Waals surface area (Å²) >= 11 is 0. The SMILES string of the molecule is COC(=O)CN(C(=O)CC(C)(C(=O)O)C(C)C)C(C)C. The Bertz CT molecular complexity index is 378. The molecule has 0 saturated carbocycles. The summed E-state index contributed by atoms with van der Waals surface area (Å²) in [4.78, 5) is 36.4. The van der Waals surface area contributed by atoms with Gasteiger partial charge < -0.3 is 14.7 Å². The van der Waals surface area contributed by atoms with E-state index >= 15 is 0 Å². The Morgan fingerprint density at radius 3 is 2.00 bits per heavy atom. The van der Waals surface area contributed by atoms with Crippen LogP contribution in [0, 0.1) is 11.3 Å². The minimum Gasteiger partial charge on any atom is -0.481 e. The molecule has 1 unspecified atom stereocenters. The number of carboxylic acid groups (broad SMARTS) is 1. The Morgan fingerprint density at radius 2 is 1.70 bits per heavy atom. The summed E-state index contributed by atoms with van der Waals surface area (Å²) in [5.74, 6) is -2.09. The average molecular weight is 287 g/mol. The highest BCUT2D eigenvalue weighted by Gasteiger charge is 2.40. The van der Waals surface area contributed by atoms with E-state index in [1.54, 1.807) is 34.6 Å². The quantitative estimate of drug-likeness (QED) is 0.718. The molecule has 116 valence electrons. The molecule has 0 aliphatic carbocycles. The van der Waals surface area contributed by atoms with Crippen LogP contribution in [0.25, 0.3) is 0 Å². The number of carboxylic acids is 1. The van der Waals surface area contributed by atoms with Crippen molar-refractivity contribution < 1.29 is 24.2 Å². The van der Waals surface area contributed by atoms with Crippen molar-refractivity contribution in [3.05, 3.63) is 0 Å². The molecule has 0 radical (unpaired) electrons. The number of amides is 1. The molecule has 1 N–H and O–H groups in total. The zero-order valence-electron chi connectivity index (χ0n) is 13.1. The zero-order chi connectivity index (χ0) is 16.1. The topological polar surface area (TPSA) is 83.9 Å². The first-order valence-electron chi connectivity index (χ1n) is 6.66. The fourth-order valence-electron chi connectivity index (χ4n) is 1.70. The standard InChI is InChI=1S/C14H25NO5/c1-9(2)14(5,13(18)19)7-11(16)15(10(3)4)8-12(17)20-6/h9-10H,7-8H2,1-6H3,(H,18,19). The Balaban J connectivity index is 5.09. The molecule has 0 fully saturated rings. The van der Waals surface area contributed by atoms with E-state index in [0.717, 1.165) is 0 Å². The van der Waals surface area contributed by atoms with E-state index in [-0.39, 0.29) is 30.8 Å². The molecule has 0 aliphatic rings. The molecule has 1 amide bonds. The van der Waals surface area contributed by atoms with Crippen LogP contribution in [0.1, 0.15) is 41.0 Å². The van der Waals surface area contributed by atoms with Crippen LogP contribution in [0.5, 0.6) is 0 Å². The highest BCUT2D eigenvalue weighted by Crippen LogP contribution is 2.32. The predicted octanol–water partition coefficient (Wildman–Crippen LogP) is 1.53. The van der Waals surface area contributed by atoms with Crippen molar-refractivity contribution in [1.29, 1.82) is 0 Å². The molecular formula is C14H25NO5. The maximum Gasteiger partial charge on any atom is 0.325 e. The van der Waals surface area contributed by atoms with Crippen LogP contribution in [0.15, 0.2) is 0 Å². The van der Waals surface area contributed by atoms with Crippen molar-refractivity contribution in [3.8, 4) is 0 Å². The number of carbonyl (C=O) groups is 3. The first kappa shape index (κ1) is 18.4. The van der Waals surface area contributed by atoms with Crippen LogP contribution < -0.4 is 0 Å². The Kier molecular flexibility index (Phi) is 6.68. The number of nitrogens with zero attached hydrogens (tertiary/aromatic N) is 1. The second-order valence-corrected chi connectivity index (χ2v) is 5.75. The third-order valence-corrected chi connectivity index (χ3v) is 3.75. The summed E-state index contributed by atoms with van der Waals surface area (Å²) in [7, 11) is 1.25. The lowest BCUT2D eigenvalue weighted by molar-refractivity contribution is -0.157. The summed E-state index contributed by atoms with van der Waals surface area (Å²) in [6, 6.07) is -0.202. The van der Waals surface area contributed by atoms with Crippen molar-refractivity contribution >= 4 is 17.8 Å². The van der Waals surface area contributed by atoms with Gasteiger partial charge in [-0.25, -0.2) is 0 Å². The molecule has 6 heteroatoms. The Labute approximate surface area is 120 Å². The van der Waals surface area contributed by atoms with Crippen molar-refractivity contribution in [2.45, 2.75) is 47.1 Å². The van der Waals surface area contributed by atoms with Gasteiger partial charge in [0.2, 0.25) is 5.91 Å². The lowest BCUT2D eigenvalue weighted by atomic mass is 9.76. The minimum atomic E-state index is -1.15. The lowest BCUT2D eigenvalue weighted by Crippen LogP contribution is -2.45. The zero-order valence-corrected chi connectivity index (χ0v) is 13.1. The molecule has 0 heterocycles. The maximum atomic E-state index is 12.3. The number of esters is 1. The summed E-state index contributed by atoms with van der Waals surface area (Å²) < 4.78 is 4.56. The van der Waals surface area contributed by atoms with Gasteiger partial charge in [0.05, 0.1) is 12.5 Å². The number of hydrogen-bond acceptors (Lipinski definition) is 4. The van der Waals surface area contributed by atoms with Crippen molar-refractivity contribution in [2.24, 2.45) is 11.3 Å². The minimum absolute atomic E-state index is 0.144. The summed E-state index contributed by atoms with van der Waals surface area (Å²) in [5, 5.41) is 9.34. The fraction of sp³-hybridized carbons (Fsp3) is 0.786. The molecule has 0 rings (SSSR count). The van der Waals surface area contributed by atoms with Gasteiger partial charge in [-0.05, 0) is 26.7 Å². The van der Waals surface area contributed by atoms with Crippen LogP contribution >= 0.6 is 0 Å². The monoisotopic (exact) mass is 287 g/mol. The molecule has 1 atom stereocenters. The summed E-state index contributed by atoms with van der Waals surface area (Å²) in [6.07, 6.45) is -0.144. The fourth-order valence-corrected chi connectivity index (χ4v) is 1.70. The largest absolute Gasteiger partial charge is 0.481 e. The van der Waals surface area contributed by atoms with Gasteiger partial charge >= 0.3 is 11.9 Å². The van der Waals surface area contributed by atoms with E-state index in [0.29, 0.717) is 0 Å². The van der Waals surface area contributed by atoms with Crippen LogP contribution in [0.2, 0.25) is 0 Å². The summed E-state index contributed by atoms with van der Waals surface area (Å²) in [6.45, 7) is 8.46. The van der Waals surface area contributed by atoms with Crippen LogP contribution in [0.3, 0.4) is 0 Å². The second kappa shape index (κ2) is 7.26. The third kappa shape index (κ3) is 4.51. The van der Waals surface area contributed by atoms with Crippen molar-refractivity contribution in [3.63, 3.8) is 0 Å². The Hall–Kier alpha value is -1.59. The molecule has 0 aromatic carbocycles. The number of hydrogen-bond donors (Lipinski definition) is 1. The van der Waals surface area contributed by atoms with Gasteiger partial charge in [-0.1, -0.05) is 13.8 Å². The van der Waals surface area contributed by atoms with Crippen molar-refractivity contribution in [2.75, 3.05) is 13.7 Å². The lowest BCUT2D eigenvalue weighted by Gasteiger charge is -2.32. The summed E-state index contributed by atoms with van der Waals surface area (Å²) in [5.41, 5.74) is -1.15. The molecule has 6 nitrogen and oxygen atoms in total. The van der Waals surface area contributed by atoms with Crippen LogP contribution in [-0.2, 0) is 19.1 Å². The van der Waals surface area contributed by atoms with E-state index in [2.05, 4.69) is 4.74 Å². The van der Waals surface area contributed by atoms with Gasteiger partial charge in [0.15, 0.2) is 0 Å². The maximum absolute atomic E-state index is 12.3. The third-order valence-electron chi connectivity index (χ3n) is 3.75. The number of aliphatic carboxylic acids is 1. The van der Waals surface area contributed by atoms with E-state index in [4.69, 9.17) is 0 Å². The molecule has 0 aromatic rings. The molecule has 0 spiro atoms. The first-order valence-corrected chi connectivity index (χ1v) is 6.66. The number of carbonyl (C=O) groups excluding carboxylic acids is 2. The number of rotatable bonds is 7. The van der Waals surface area contributed by atoms with Gasteiger partial charge in [0.25, 0.3) is 0 Å². The van der Waals surface area contributed by atoms with Gasteiger partial charge in [0.1, 0.15) is 6.54 Å². The molecule has 0 saturated heterocycles. The Morgan fingerprint density at radius 1 is 1.20 bits per heavy atom. The highest BCUT2D eigenvalue weighted by molar-refractivity contribution is 5.87. The van der Waals surface area contributed by atoms with E-state index < -0.39 is 17.4 Å². The molecule has 0 bridgehead atoms. The van der Waals surface area contributed by atoms with Crippen molar-refractivity contribution in [1.82, 2.24) is 4.90 Å². The second-order valence-electron chi connectivity index (χ2n) is 5.75. The van der Waals surface area contributed by atoms with Gasteiger partial charge in [-0.15, -0.1) is 0 Å². The normalized spacial score (nSPS) is 14.0. The van der Waals surface area contributed by atoms with Gasteiger partial charge in [-0.2, -0.15) is 0 Å². The van der Waals surface area contributed by atoms with E-state index in [1.807, 2.05) is 0 Å².